The first-order chi connectivity index (χ1) is 17.6. The van der Waals surface area contributed by atoms with Gasteiger partial charge in [0.25, 0.3) is 5.91 Å². The first kappa shape index (κ1) is 25.2. The Labute approximate surface area is 220 Å². The lowest BCUT2D eigenvalue weighted by molar-refractivity contribution is 0.0594. The normalized spacial score (nSPS) is 20.7. The second-order valence-corrected chi connectivity index (χ2v) is 11.2. The molecule has 2 N–H and O–H groups in total. The lowest BCUT2D eigenvalue weighted by Crippen LogP contribution is -2.49. The van der Waals surface area contributed by atoms with E-state index in [4.69, 9.17) is 9.72 Å². The van der Waals surface area contributed by atoms with E-state index in [-0.39, 0.29) is 5.91 Å². The molecule has 1 amide bonds. The van der Waals surface area contributed by atoms with Gasteiger partial charge in [0.1, 0.15) is 0 Å². The maximum absolute atomic E-state index is 13.1. The minimum absolute atomic E-state index is 0.101. The zero-order valence-electron chi connectivity index (χ0n) is 20.8. The van der Waals surface area contributed by atoms with Gasteiger partial charge in [-0.05, 0) is 43.7 Å². The van der Waals surface area contributed by atoms with Crippen molar-refractivity contribution in [3.63, 3.8) is 0 Å². The Morgan fingerprint density at radius 2 is 1.89 bits per heavy atom. The van der Waals surface area contributed by atoms with E-state index in [1.807, 2.05) is 41.7 Å². The Morgan fingerprint density at radius 3 is 2.61 bits per heavy atom. The molecule has 11 heteroatoms. The fourth-order valence-electron chi connectivity index (χ4n) is 4.79. The number of piperazine rings is 1. The van der Waals surface area contributed by atoms with E-state index in [0.29, 0.717) is 18.0 Å². The number of carbonyl (C=O) groups is 1. The van der Waals surface area contributed by atoms with Crippen LogP contribution >= 0.6 is 23.1 Å². The van der Waals surface area contributed by atoms with Crippen molar-refractivity contribution in [3.8, 4) is 0 Å². The number of amides is 1. The zero-order chi connectivity index (χ0) is 24.9. The van der Waals surface area contributed by atoms with Crippen molar-refractivity contribution in [1.82, 2.24) is 24.8 Å². The molecule has 3 aromatic rings. The van der Waals surface area contributed by atoms with Crippen molar-refractivity contribution < 1.29 is 9.53 Å². The SMILES string of the molecule is COCCN1CCN(C(=O)c2ccc3nc(N[C@H]4CC[C@H](Nc5ncc(SC)cn5)C4)sc3c2)CC1. The number of carbonyl (C=O) groups excluding carboxylic acids is 1. The Bertz CT molecular complexity index is 1160. The van der Waals surface area contributed by atoms with E-state index in [1.165, 1.54) is 0 Å². The monoisotopic (exact) mass is 527 g/mol. The zero-order valence-corrected chi connectivity index (χ0v) is 22.4. The highest BCUT2D eigenvalue weighted by Crippen LogP contribution is 2.31. The number of nitrogens with zero attached hydrogens (tertiary/aromatic N) is 5. The molecular weight excluding hydrogens is 494 g/mol. The number of benzene rings is 1. The largest absolute Gasteiger partial charge is 0.383 e. The van der Waals surface area contributed by atoms with Crippen LogP contribution in [-0.2, 0) is 4.74 Å². The maximum atomic E-state index is 13.1. The highest BCUT2D eigenvalue weighted by Gasteiger charge is 2.26. The lowest BCUT2D eigenvalue weighted by atomic mass is 10.1. The number of aromatic nitrogens is 3. The molecule has 0 radical (unpaired) electrons. The van der Waals surface area contributed by atoms with Gasteiger partial charge in [0, 0.05) is 74.8 Å². The molecule has 0 spiro atoms. The second-order valence-electron chi connectivity index (χ2n) is 9.27. The minimum Gasteiger partial charge on any atom is -0.383 e. The molecule has 1 saturated heterocycles. The van der Waals surface area contributed by atoms with Crippen LogP contribution in [0.1, 0.15) is 29.6 Å². The predicted molar refractivity (Wildman–Crippen MR) is 146 cm³/mol. The van der Waals surface area contributed by atoms with Gasteiger partial charge in [-0.3, -0.25) is 9.69 Å². The molecule has 9 nitrogen and oxygen atoms in total. The number of hydrogen-bond acceptors (Lipinski definition) is 10. The Balaban J connectivity index is 1.15. The summed E-state index contributed by atoms with van der Waals surface area (Å²) in [6, 6.07) is 6.56. The number of ether oxygens (including phenoxy) is 1. The quantitative estimate of drug-likeness (QED) is 0.404. The van der Waals surface area contributed by atoms with Crippen molar-refractivity contribution in [1.29, 1.82) is 0 Å². The number of methoxy groups -OCH3 is 1. The third-order valence-electron chi connectivity index (χ3n) is 6.86. The smallest absolute Gasteiger partial charge is 0.253 e. The van der Waals surface area contributed by atoms with Gasteiger partial charge in [0.05, 0.1) is 16.8 Å². The molecule has 2 fully saturated rings. The number of rotatable bonds is 9. The number of fused-ring (bicyclic) bond motifs is 1. The fraction of sp³-hybridized carbons (Fsp3) is 0.520. The maximum Gasteiger partial charge on any atom is 0.253 e. The summed E-state index contributed by atoms with van der Waals surface area (Å²) in [5.41, 5.74) is 1.67. The second kappa shape index (κ2) is 11.7. The van der Waals surface area contributed by atoms with E-state index in [2.05, 4.69) is 25.5 Å². The van der Waals surface area contributed by atoms with E-state index in [1.54, 1.807) is 30.2 Å². The molecule has 1 aromatic carbocycles. The van der Waals surface area contributed by atoms with Crippen LogP contribution in [0.2, 0.25) is 0 Å². The molecule has 192 valence electrons. The molecule has 0 bridgehead atoms. The van der Waals surface area contributed by atoms with Gasteiger partial charge in [-0.1, -0.05) is 11.3 Å². The molecule has 2 aliphatic rings. The summed E-state index contributed by atoms with van der Waals surface area (Å²) in [7, 11) is 1.72. The fourth-order valence-corrected chi connectivity index (χ4v) is 6.09. The van der Waals surface area contributed by atoms with Gasteiger partial charge in [-0.15, -0.1) is 11.8 Å². The van der Waals surface area contributed by atoms with Crippen LogP contribution in [0.15, 0.2) is 35.5 Å². The van der Waals surface area contributed by atoms with Gasteiger partial charge < -0.3 is 20.3 Å². The van der Waals surface area contributed by atoms with Crippen LogP contribution in [0, 0.1) is 0 Å². The molecule has 2 aromatic heterocycles. The van der Waals surface area contributed by atoms with E-state index >= 15 is 0 Å². The van der Waals surface area contributed by atoms with Crippen LogP contribution < -0.4 is 10.6 Å². The van der Waals surface area contributed by atoms with Gasteiger partial charge in [-0.2, -0.15) is 0 Å². The number of nitrogens with one attached hydrogen (secondary N) is 2. The molecule has 1 aliphatic heterocycles. The Hall–Kier alpha value is -2.47. The first-order valence-electron chi connectivity index (χ1n) is 12.4. The Morgan fingerprint density at radius 1 is 1.14 bits per heavy atom. The van der Waals surface area contributed by atoms with Crippen LogP contribution in [0.4, 0.5) is 11.1 Å². The van der Waals surface area contributed by atoms with Crippen LogP contribution in [0.25, 0.3) is 10.2 Å². The minimum atomic E-state index is 0.101. The van der Waals surface area contributed by atoms with Crippen LogP contribution in [0.3, 0.4) is 0 Å². The van der Waals surface area contributed by atoms with Crippen molar-refractivity contribution in [2.24, 2.45) is 0 Å². The molecule has 3 heterocycles. The average molecular weight is 528 g/mol. The summed E-state index contributed by atoms with van der Waals surface area (Å²) in [6.45, 7) is 4.92. The Kier molecular flexibility index (Phi) is 8.20. The predicted octanol–water partition coefficient (Wildman–Crippen LogP) is 3.66. The standard InChI is InChI=1S/C25H33N7O2S2/c1-34-12-11-31-7-9-32(10-8-31)23(33)17-3-6-21-22(13-17)36-25(30-21)29-19-5-4-18(14-19)28-24-26-15-20(35-2)16-27-24/h3,6,13,15-16,18-19H,4-5,7-12,14H2,1-2H3,(H,29,30)(H,26,27,28)/t18-,19-/m0/s1. The van der Waals surface area contributed by atoms with Gasteiger partial charge >= 0.3 is 0 Å². The topological polar surface area (TPSA) is 95.5 Å². The number of hydrogen-bond donors (Lipinski definition) is 2. The first-order valence-corrected chi connectivity index (χ1v) is 14.5. The summed E-state index contributed by atoms with van der Waals surface area (Å²) in [4.78, 5) is 32.1. The highest BCUT2D eigenvalue weighted by molar-refractivity contribution is 7.98. The third kappa shape index (κ3) is 6.08. The van der Waals surface area contributed by atoms with Crippen molar-refractivity contribution in [2.45, 2.75) is 36.2 Å². The number of anilines is 2. The molecular formula is C25H33N7O2S2. The molecule has 1 saturated carbocycles. The van der Waals surface area contributed by atoms with Crippen LogP contribution in [-0.4, -0.2) is 95.4 Å². The van der Waals surface area contributed by atoms with Gasteiger partial charge in [0.15, 0.2) is 5.13 Å². The van der Waals surface area contributed by atoms with E-state index < -0.39 is 0 Å². The van der Waals surface area contributed by atoms with Gasteiger partial charge in [0.2, 0.25) is 5.95 Å². The summed E-state index contributed by atoms with van der Waals surface area (Å²) < 4.78 is 6.21. The van der Waals surface area contributed by atoms with Gasteiger partial charge in [-0.25, -0.2) is 15.0 Å². The van der Waals surface area contributed by atoms with Crippen molar-refractivity contribution in [2.75, 3.05) is 63.3 Å². The van der Waals surface area contributed by atoms with E-state index in [9.17, 15) is 4.79 Å². The van der Waals surface area contributed by atoms with Crippen LogP contribution in [0.5, 0.6) is 0 Å². The summed E-state index contributed by atoms with van der Waals surface area (Å²) >= 11 is 3.26. The molecule has 2 atom stereocenters. The third-order valence-corrected chi connectivity index (χ3v) is 8.50. The lowest BCUT2D eigenvalue weighted by Gasteiger charge is -2.34. The average Bonchev–Trinajstić information content (AvgIpc) is 3.53. The number of thioether (sulfide) groups is 1. The highest BCUT2D eigenvalue weighted by atomic mass is 32.2. The van der Waals surface area contributed by atoms with E-state index in [0.717, 1.165) is 84.4 Å². The van der Waals surface area contributed by atoms with Crippen molar-refractivity contribution >= 4 is 50.3 Å². The molecule has 5 rings (SSSR count). The summed E-state index contributed by atoms with van der Waals surface area (Å²) in [5.74, 6) is 0.788. The molecule has 1 aliphatic carbocycles. The summed E-state index contributed by atoms with van der Waals surface area (Å²) in [5, 5.41) is 7.98. The number of thiazole rings is 1. The van der Waals surface area contributed by atoms with Crippen molar-refractivity contribution in [3.05, 3.63) is 36.2 Å². The summed E-state index contributed by atoms with van der Waals surface area (Å²) in [6.07, 6.45) is 8.85. The molecule has 36 heavy (non-hydrogen) atoms. The molecule has 0 unspecified atom stereocenters.